The fourth-order valence-corrected chi connectivity index (χ4v) is 2.42. The minimum absolute atomic E-state index is 0.0430. The molecular formula is C12H21NO3. The molecule has 1 saturated carbocycles. The predicted molar refractivity (Wildman–Crippen MR) is 60.0 cm³/mol. The molecule has 0 aromatic heterocycles. The minimum atomic E-state index is -0.461. The van der Waals surface area contributed by atoms with E-state index >= 15 is 0 Å². The summed E-state index contributed by atoms with van der Waals surface area (Å²) in [5.74, 6) is 1.38. The lowest BCUT2D eigenvalue weighted by Crippen LogP contribution is -2.48. The summed E-state index contributed by atoms with van der Waals surface area (Å²) < 4.78 is 5.35. The standard InChI is InChI=1S/C12H21NO3/c1-12(2,3)16-11(15)13-6-9-4-8(9)5-10(13)7-14/h8-10,14H,4-7H2,1-3H3/t8?,9?,10-/m1/s1. The van der Waals surface area contributed by atoms with Gasteiger partial charge in [0.05, 0.1) is 12.6 Å². The number of nitrogens with zero attached hydrogens (tertiary/aromatic N) is 1. The number of hydrogen-bond donors (Lipinski definition) is 1. The summed E-state index contributed by atoms with van der Waals surface area (Å²) in [5, 5.41) is 9.30. The van der Waals surface area contributed by atoms with Gasteiger partial charge in [-0.25, -0.2) is 4.79 Å². The van der Waals surface area contributed by atoms with Crippen LogP contribution in [-0.2, 0) is 4.74 Å². The number of amides is 1. The van der Waals surface area contributed by atoms with Gasteiger partial charge in [-0.3, -0.25) is 0 Å². The van der Waals surface area contributed by atoms with Crippen LogP contribution in [0.25, 0.3) is 0 Å². The van der Waals surface area contributed by atoms with Crippen LogP contribution in [0.3, 0.4) is 0 Å². The van der Waals surface area contributed by atoms with E-state index in [1.54, 1.807) is 4.90 Å². The monoisotopic (exact) mass is 227 g/mol. The molecule has 2 aliphatic rings. The summed E-state index contributed by atoms with van der Waals surface area (Å²) in [6, 6.07) is -0.0430. The van der Waals surface area contributed by atoms with Crippen LogP contribution in [0.5, 0.6) is 0 Å². The van der Waals surface area contributed by atoms with Crippen LogP contribution in [0.2, 0.25) is 0 Å². The highest BCUT2D eigenvalue weighted by atomic mass is 16.6. The highest BCUT2D eigenvalue weighted by molar-refractivity contribution is 5.69. The Balaban J connectivity index is 1.98. The summed E-state index contributed by atoms with van der Waals surface area (Å²) in [4.78, 5) is 13.6. The fourth-order valence-electron chi connectivity index (χ4n) is 2.42. The van der Waals surface area contributed by atoms with Crippen molar-refractivity contribution in [3.05, 3.63) is 0 Å². The maximum Gasteiger partial charge on any atom is 0.410 e. The average Bonchev–Trinajstić information content (AvgIpc) is 2.90. The first-order valence-electron chi connectivity index (χ1n) is 6.01. The predicted octanol–water partition coefficient (Wildman–Crippen LogP) is 1.62. The number of piperidine rings is 1. The van der Waals surface area contributed by atoms with Crippen molar-refractivity contribution in [2.75, 3.05) is 13.2 Å². The molecule has 0 spiro atoms. The van der Waals surface area contributed by atoms with Crippen molar-refractivity contribution in [1.29, 1.82) is 0 Å². The Kier molecular flexibility index (Phi) is 2.86. The number of ether oxygens (including phenoxy) is 1. The first-order valence-corrected chi connectivity index (χ1v) is 6.01. The molecule has 3 atom stereocenters. The van der Waals surface area contributed by atoms with E-state index in [4.69, 9.17) is 4.74 Å². The topological polar surface area (TPSA) is 49.8 Å². The lowest BCUT2D eigenvalue weighted by molar-refractivity contribution is 0.000449. The Hall–Kier alpha value is -0.770. The smallest absolute Gasteiger partial charge is 0.410 e. The second-order valence-electron chi connectivity index (χ2n) is 5.96. The van der Waals surface area contributed by atoms with Crippen molar-refractivity contribution in [2.24, 2.45) is 11.8 Å². The van der Waals surface area contributed by atoms with Gasteiger partial charge in [0.1, 0.15) is 5.60 Å². The van der Waals surface area contributed by atoms with Gasteiger partial charge >= 0.3 is 6.09 Å². The fraction of sp³-hybridized carbons (Fsp3) is 0.917. The van der Waals surface area contributed by atoms with Crippen LogP contribution in [0.4, 0.5) is 4.79 Å². The summed E-state index contributed by atoms with van der Waals surface area (Å²) in [6.45, 7) is 6.39. The molecule has 0 aromatic carbocycles. The molecule has 0 radical (unpaired) electrons. The van der Waals surface area contributed by atoms with Crippen molar-refractivity contribution in [3.63, 3.8) is 0 Å². The van der Waals surface area contributed by atoms with Crippen LogP contribution in [0.15, 0.2) is 0 Å². The SMILES string of the molecule is CC(C)(C)OC(=O)N1CC2CC2C[C@@H]1CO. The maximum absolute atomic E-state index is 11.9. The molecule has 2 rings (SSSR count). The number of carbonyl (C=O) groups is 1. The third-order valence-corrected chi connectivity index (χ3v) is 3.35. The van der Waals surface area contributed by atoms with Gasteiger partial charge in [-0.15, -0.1) is 0 Å². The Morgan fingerprint density at radius 2 is 2.06 bits per heavy atom. The zero-order valence-corrected chi connectivity index (χ0v) is 10.3. The van der Waals surface area contributed by atoms with Crippen LogP contribution in [0.1, 0.15) is 33.6 Å². The van der Waals surface area contributed by atoms with Gasteiger partial charge in [0, 0.05) is 6.54 Å². The van der Waals surface area contributed by atoms with Gasteiger partial charge in [-0.2, -0.15) is 0 Å². The Morgan fingerprint density at radius 1 is 1.38 bits per heavy atom. The zero-order valence-electron chi connectivity index (χ0n) is 10.3. The van der Waals surface area contributed by atoms with E-state index in [0.29, 0.717) is 5.92 Å². The van der Waals surface area contributed by atoms with Crippen LogP contribution in [0, 0.1) is 11.8 Å². The summed E-state index contributed by atoms with van der Waals surface area (Å²) in [7, 11) is 0. The molecule has 4 heteroatoms. The minimum Gasteiger partial charge on any atom is -0.444 e. The molecule has 0 aromatic rings. The van der Waals surface area contributed by atoms with E-state index < -0.39 is 5.60 Å². The second-order valence-corrected chi connectivity index (χ2v) is 5.96. The van der Waals surface area contributed by atoms with Crippen molar-refractivity contribution in [3.8, 4) is 0 Å². The number of likely N-dealkylation sites (tertiary alicyclic amines) is 1. The number of carbonyl (C=O) groups excluding carboxylic acids is 1. The number of aliphatic hydroxyl groups excluding tert-OH is 1. The largest absolute Gasteiger partial charge is 0.444 e. The average molecular weight is 227 g/mol. The Labute approximate surface area is 96.6 Å². The van der Waals surface area contributed by atoms with Crippen LogP contribution in [-0.4, -0.2) is 40.9 Å². The third-order valence-electron chi connectivity index (χ3n) is 3.35. The van der Waals surface area contributed by atoms with Gasteiger partial charge in [0.15, 0.2) is 0 Å². The normalized spacial score (nSPS) is 33.2. The number of fused-ring (bicyclic) bond motifs is 1. The van der Waals surface area contributed by atoms with Crippen molar-refractivity contribution in [1.82, 2.24) is 4.90 Å². The molecule has 0 bridgehead atoms. The molecular weight excluding hydrogens is 206 g/mol. The zero-order chi connectivity index (χ0) is 11.9. The van der Waals surface area contributed by atoms with E-state index in [-0.39, 0.29) is 18.7 Å². The molecule has 2 fully saturated rings. The quantitative estimate of drug-likeness (QED) is 0.740. The van der Waals surface area contributed by atoms with Gasteiger partial charge in [0.2, 0.25) is 0 Å². The summed E-state index contributed by atoms with van der Waals surface area (Å²) in [5.41, 5.74) is -0.461. The molecule has 1 N–H and O–H groups in total. The molecule has 1 saturated heterocycles. The van der Waals surface area contributed by atoms with Crippen molar-refractivity contribution >= 4 is 6.09 Å². The van der Waals surface area contributed by atoms with Crippen molar-refractivity contribution < 1.29 is 14.6 Å². The lowest BCUT2D eigenvalue weighted by atomic mass is 10.0. The molecule has 1 aliphatic carbocycles. The molecule has 1 amide bonds. The summed E-state index contributed by atoms with van der Waals surface area (Å²) >= 11 is 0. The van der Waals surface area contributed by atoms with E-state index in [0.717, 1.165) is 18.9 Å². The molecule has 2 unspecified atom stereocenters. The second kappa shape index (κ2) is 3.91. The van der Waals surface area contributed by atoms with Crippen LogP contribution < -0.4 is 0 Å². The van der Waals surface area contributed by atoms with E-state index in [1.165, 1.54) is 6.42 Å². The Morgan fingerprint density at radius 3 is 2.62 bits per heavy atom. The van der Waals surface area contributed by atoms with Gasteiger partial charge < -0.3 is 14.7 Å². The van der Waals surface area contributed by atoms with Crippen molar-refractivity contribution in [2.45, 2.75) is 45.3 Å². The lowest BCUT2D eigenvalue weighted by Gasteiger charge is -2.35. The molecule has 1 aliphatic heterocycles. The highest BCUT2D eigenvalue weighted by Crippen LogP contribution is 2.47. The van der Waals surface area contributed by atoms with E-state index in [9.17, 15) is 9.90 Å². The van der Waals surface area contributed by atoms with E-state index in [1.807, 2.05) is 20.8 Å². The molecule has 1 heterocycles. The first kappa shape index (κ1) is 11.7. The van der Waals surface area contributed by atoms with Gasteiger partial charge in [-0.05, 0) is 45.4 Å². The number of rotatable bonds is 1. The van der Waals surface area contributed by atoms with Crippen LogP contribution >= 0.6 is 0 Å². The van der Waals surface area contributed by atoms with Gasteiger partial charge in [-0.1, -0.05) is 0 Å². The molecule has 4 nitrogen and oxygen atoms in total. The number of hydrogen-bond acceptors (Lipinski definition) is 3. The maximum atomic E-state index is 11.9. The molecule has 16 heavy (non-hydrogen) atoms. The van der Waals surface area contributed by atoms with E-state index in [2.05, 4.69) is 0 Å². The summed E-state index contributed by atoms with van der Waals surface area (Å²) in [6.07, 6.45) is 1.85. The van der Waals surface area contributed by atoms with Gasteiger partial charge in [0.25, 0.3) is 0 Å². The first-order chi connectivity index (χ1) is 7.40. The highest BCUT2D eigenvalue weighted by Gasteiger charge is 2.47. The number of aliphatic hydroxyl groups is 1. The Bertz CT molecular complexity index is 284. The third kappa shape index (κ3) is 2.48. The molecule has 92 valence electrons.